The predicted molar refractivity (Wildman–Crippen MR) is 85.6 cm³/mol. The smallest absolute Gasteiger partial charge is 0.187 e. The summed E-state index contributed by atoms with van der Waals surface area (Å²) in [4.78, 5) is 12.6. The number of benzene rings is 2. The highest BCUT2D eigenvalue weighted by Gasteiger charge is 2.27. The lowest BCUT2D eigenvalue weighted by atomic mass is 9.91. The molecule has 2 rings (SSSR count). The first-order chi connectivity index (χ1) is 9.95. The quantitative estimate of drug-likeness (QED) is 0.651. The van der Waals surface area contributed by atoms with Crippen LogP contribution in [-0.4, -0.2) is 5.78 Å². The number of carbonyl (C=O) groups is 1. The Hall–Kier alpha value is -1.24. The van der Waals surface area contributed by atoms with E-state index in [-0.39, 0.29) is 20.6 Å². The molecule has 0 aliphatic carbocycles. The highest BCUT2D eigenvalue weighted by Crippen LogP contribution is 2.33. The maximum absolute atomic E-state index is 12.6. The van der Waals surface area contributed by atoms with Crippen LogP contribution < -0.4 is 0 Å². The lowest BCUT2D eigenvalue weighted by molar-refractivity contribution is 0.0979. The van der Waals surface area contributed by atoms with Crippen molar-refractivity contribution in [3.63, 3.8) is 0 Å². The molecule has 0 heterocycles. The number of nitrogens with zero attached hydrogens (tertiary/aromatic N) is 1. The minimum absolute atomic E-state index is 0.110. The summed E-state index contributed by atoms with van der Waals surface area (Å²) in [5, 5.41) is 10.4. The Kier molecular flexibility index (Phi) is 5.13. The molecule has 6 heteroatoms. The van der Waals surface area contributed by atoms with Crippen LogP contribution in [0.1, 0.15) is 21.8 Å². The van der Waals surface area contributed by atoms with Crippen molar-refractivity contribution >= 4 is 52.2 Å². The second-order valence-corrected chi connectivity index (χ2v) is 5.85. The van der Waals surface area contributed by atoms with Crippen LogP contribution in [0.25, 0.3) is 0 Å². The fraction of sp³-hybridized carbons (Fsp3) is 0.0667. The molecule has 1 unspecified atom stereocenters. The lowest BCUT2D eigenvalue weighted by Gasteiger charge is -2.13. The van der Waals surface area contributed by atoms with Gasteiger partial charge in [0.1, 0.15) is 5.92 Å². The molecule has 106 valence electrons. The van der Waals surface area contributed by atoms with Gasteiger partial charge in [-0.3, -0.25) is 4.79 Å². The second-order valence-electron chi connectivity index (χ2n) is 4.19. The van der Waals surface area contributed by atoms with Crippen LogP contribution in [-0.2, 0) is 0 Å². The van der Waals surface area contributed by atoms with E-state index in [4.69, 9.17) is 46.4 Å². The van der Waals surface area contributed by atoms with E-state index in [1.807, 2.05) is 6.07 Å². The third-order valence-corrected chi connectivity index (χ3v) is 4.07. The van der Waals surface area contributed by atoms with Crippen molar-refractivity contribution in [2.75, 3.05) is 0 Å². The van der Waals surface area contributed by atoms with Gasteiger partial charge in [0.2, 0.25) is 0 Å². The first-order valence-corrected chi connectivity index (χ1v) is 7.29. The molecular weight excluding hydrogens is 352 g/mol. The molecule has 0 radical (unpaired) electrons. The molecular formula is C15H7Cl4NO. The molecule has 0 spiro atoms. The van der Waals surface area contributed by atoms with E-state index in [2.05, 4.69) is 0 Å². The second kappa shape index (κ2) is 6.68. The van der Waals surface area contributed by atoms with E-state index in [0.717, 1.165) is 0 Å². The van der Waals surface area contributed by atoms with E-state index in [1.165, 1.54) is 6.07 Å². The third-order valence-electron chi connectivity index (χ3n) is 2.87. The highest BCUT2D eigenvalue weighted by atomic mass is 35.5. The zero-order valence-corrected chi connectivity index (χ0v) is 13.4. The molecule has 0 aliphatic rings. The number of carbonyl (C=O) groups excluding carboxylic acids is 1. The molecule has 0 aromatic heterocycles. The van der Waals surface area contributed by atoms with Gasteiger partial charge >= 0.3 is 0 Å². The van der Waals surface area contributed by atoms with E-state index in [0.29, 0.717) is 10.6 Å². The molecule has 0 saturated heterocycles. The van der Waals surface area contributed by atoms with E-state index in [9.17, 15) is 10.1 Å². The van der Waals surface area contributed by atoms with Crippen molar-refractivity contribution in [3.8, 4) is 6.07 Å². The fourth-order valence-electron chi connectivity index (χ4n) is 1.88. The van der Waals surface area contributed by atoms with Gasteiger partial charge in [-0.2, -0.15) is 5.26 Å². The van der Waals surface area contributed by atoms with Crippen LogP contribution in [0, 0.1) is 11.3 Å². The maximum Gasteiger partial charge on any atom is 0.187 e. The fourth-order valence-corrected chi connectivity index (χ4v) is 2.98. The van der Waals surface area contributed by atoms with Crippen molar-refractivity contribution in [2.24, 2.45) is 0 Å². The SMILES string of the molecule is N#CC(C(=O)c1c(Cl)cccc1Cl)c1ccc(Cl)cc1Cl. The normalized spacial score (nSPS) is 11.8. The minimum atomic E-state index is -1.10. The Morgan fingerprint density at radius 1 is 1.00 bits per heavy atom. The van der Waals surface area contributed by atoms with Gasteiger partial charge in [-0.25, -0.2) is 0 Å². The van der Waals surface area contributed by atoms with Gasteiger partial charge in [0.25, 0.3) is 0 Å². The molecule has 0 bridgehead atoms. The van der Waals surface area contributed by atoms with Crippen LogP contribution in [0.4, 0.5) is 0 Å². The standard InChI is InChI=1S/C15H7Cl4NO/c16-8-4-5-9(13(19)6-8)10(7-20)15(21)14-11(17)2-1-3-12(14)18/h1-6,10H. The van der Waals surface area contributed by atoms with E-state index in [1.54, 1.807) is 30.3 Å². The zero-order chi connectivity index (χ0) is 15.6. The van der Waals surface area contributed by atoms with Crippen LogP contribution in [0.15, 0.2) is 36.4 Å². The Morgan fingerprint density at radius 3 is 2.14 bits per heavy atom. The summed E-state index contributed by atoms with van der Waals surface area (Å²) in [6.07, 6.45) is 0. The number of Topliss-reactive ketones (excluding diaryl/α,β-unsaturated/α-hetero) is 1. The van der Waals surface area contributed by atoms with Gasteiger partial charge in [0, 0.05) is 10.0 Å². The van der Waals surface area contributed by atoms with Crippen molar-refractivity contribution in [2.45, 2.75) is 5.92 Å². The van der Waals surface area contributed by atoms with Gasteiger partial charge < -0.3 is 0 Å². The van der Waals surface area contributed by atoms with Gasteiger partial charge in [0.05, 0.1) is 21.7 Å². The highest BCUT2D eigenvalue weighted by molar-refractivity contribution is 6.40. The van der Waals surface area contributed by atoms with Crippen molar-refractivity contribution in [3.05, 3.63) is 67.6 Å². The summed E-state index contributed by atoms with van der Waals surface area (Å²) < 4.78 is 0. The molecule has 2 aromatic carbocycles. The average Bonchev–Trinajstić information content (AvgIpc) is 2.41. The summed E-state index contributed by atoms with van der Waals surface area (Å²) in [7, 11) is 0. The number of nitriles is 1. The molecule has 0 saturated carbocycles. The molecule has 0 aliphatic heterocycles. The number of hydrogen-bond donors (Lipinski definition) is 0. The molecule has 2 nitrogen and oxygen atoms in total. The Balaban J connectivity index is 2.52. The average molecular weight is 359 g/mol. The Bertz CT molecular complexity index is 732. The number of halogens is 4. The first-order valence-electron chi connectivity index (χ1n) is 5.78. The summed E-state index contributed by atoms with van der Waals surface area (Å²) in [6.45, 7) is 0. The van der Waals surface area contributed by atoms with Gasteiger partial charge in [0.15, 0.2) is 5.78 Å². The summed E-state index contributed by atoms with van der Waals surface area (Å²) >= 11 is 23.9. The van der Waals surface area contributed by atoms with Crippen LogP contribution in [0.2, 0.25) is 20.1 Å². The molecule has 21 heavy (non-hydrogen) atoms. The van der Waals surface area contributed by atoms with Crippen LogP contribution in [0.3, 0.4) is 0 Å². The summed E-state index contributed by atoms with van der Waals surface area (Å²) in [6, 6.07) is 11.2. The Morgan fingerprint density at radius 2 is 1.62 bits per heavy atom. The predicted octanol–water partition coefficient (Wildman–Crippen LogP) is 5.79. The minimum Gasteiger partial charge on any atom is -0.292 e. The molecule has 0 amide bonds. The number of ketones is 1. The van der Waals surface area contributed by atoms with Gasteiger partial charge in [-0.05, 0) is 29.8 Å². The van der Waals surface area contributed by atoms with E-state index < -0.39 is 11.7 Å². The Labute approximate surface area is 141 Å². The molecule has 0 fully saturated rings. The van der Waals surface area contributed by atoms with Crippen molar-refractivity contribution in [1.82, 2.24) is 0 Å². The number of hydrogen-bond acceptors (Lipinski definition) is 2. The third kappa shape index (κ3) is 3.33. The summed E-state index contributed by atoms with van der Waals surface area (Å²) in [5.74, 6) is -1.61. The first kappa shape index (κ1) is 16.1. The zero-order valence-electron chi connectivity index (χ0n) is 10.4. The van der Waals surface area contributed by atoms with Gasteiger partial charge in [-0.15, -0.1) is 0 Å². The molecule has 1 atom stereocenters. The van der Waals surface area contributed by atoms with Crippen molar-refractivity contribution < 1.29 is 4.79 Å². The lowest BCUT2D eigenvalue weighted by Crippen LogP contribution is -2.13. The maximum atomic E-state index is 12.6. The molecule has 0 N–H and O–H groups in total. The number of rotatable bonds is 3. The summed E-state index contributed by atoms with van der Waals surface area (Å²) in [5.41, 5.74) is 0.475. The van der Waals surface area contributed by atoms with Gasteiger partial charge in [-0.1, -0.05) is 58.5 Å². The largest absolute Gasteiger partial charge is 0.292 e. The van der Waals surface area contributed by atoms with Crippen molar-refractivity contribution in [1.29, 1.82) is 5.26 Å². The van der Waals surface area contributed by atoms with E-state index >= 15 is 0 Å². The van der Waals surface area contributed by atoms with Crippen LogP contribution in [0.5, 0.6) is 0 Å². The topological polar surface area (TPSA) is 40.9 Å². The monoisotopic (exact) mass is 357 g/mol. The van der Waals surface area contributed by atoms with Crippen LogP contribution >= 0.6 is 46.4 Å². The molecule has 2 aromatic rings.